The fourth-order valence-electron chi connectivity index (χ4n) is 1.98. The minimum absolute atomic E-state index is 0.0434. The van der Waals surface area contributed by atoms with Crippen LogP contribution < -0.4 is 0 Å². The van der Waals surface area contributed by atoms with Crippen LogP contribution in [-0.4, -0.2) is 5.92 Å². The number of hydrogen-bond acceptors (Lipinski definition) is 0. The topological polar surface area (TPSA) is 0 Å². The van der Waals surface area contributed by atoms with Crippen LogP contribution in [0.15, 0.2) is 0 Å². The summed E-state index contributed by atoms with van der Waals surface area (Å²) in [5, 5.41) is 0. The molecular weight excluding hydrogens is 134 g/mol. The van der Waals surface area contributed by atoms with Gasteiger partial charge in [-0.1, -0.05) is 20.3 Å². The third kappa shape index (κ3) is 1.47. The summed E-state index contributed by atoms with van der Waals surface area (Å²) in [5.41, 5.74) is -0.0434. The molecule has 0 bridgehead atoms. The molecule has 0 unspecified atom stereocenters. The predicted molar refractivity (Wildman–Crippen MR) is 37.2 cm³/mol. The van der Waals surface area contributed by atoms with Crippen molar-refractivity contribution in [1.29, 1.82) is 0 Å². The maximum Gasteiger partial charge on any atom is 0.249 e. The van der Waals surface area contributed by atoms with Crippen molar-refractivity contribution >= 4 is 0 Å². The van der Waals surface area contributed by atoms with Crippen molar-refractivity contribution in [2.75, 3.05) is 0 Å². The Bertz CT molecular complexity index is 121. The number of alkyl halides is 2. The van der Waals surface area contributed by atoms with Gasteiger partial charge in [0.05, 0.1) is 0 Å². The molecule has 1 fully saturated rings. The molecular formula is C8H14F2. The number of rotatable bonds is 2. The first-order valence-electron chi connectivity index (χ1n) is 3.85. The molecule has 0 aromatic heterocycles. The van der Waals surface area contributed by atoms with Gasteiger partial charge in [0, 0.05) is 12.8 Å². The quantitative estimate of drug-likeness (QED) is 0.564. The summed E-state index contributed by atoms with van der Waals surface area (Å²) >= 11 is 0. The van der Waals surface area contributed by atoms with E-state index in [0.29, 0.717) is 0 Å². The van der Waals surface area contributed by atoms with Gasteiger partial charge < -0.3 is 0 Å². The van der Waals surface area contributed by atoms with Gasteiger partial charge >= 0.3 is 0 Å². The van der Waals surface area contributed by atoms with Crippen LogP contribution in [0.25, 0.3) is 0 Å². The summed E-state index contributed by atoms with van der Waals surface area (Å²) in [5.74, 6) is -2.34. The highest BCUT2D eigenvalue weighted by Gasteiger charge is 2.52. The predicted octanol–water partition coefficient (Wildman–Crippen LogP) is 3.22. The third-order valence-corrected chi connectivity index (χ3v) is 2.22. The second-order valence-corrected chi connectivity index (χ2v) is 3.77. The van der Waals surface area contributed by atoms with Crippen LogP contribution in [0.3, 0.4) is 0 Å². The van der Waals surface area contributed by atoms with E-state index < -0.39 is 5.92 Å². The fourth-order valence-corrected chi connectivity index (χ4v) is 1.98. The van der Waals surface area contributed by atoms with E-state index in [9.17, 15) is 8.78 Å². The van der Waals surface area contributed by atoms with Gasteiger partial charge in [0.15, 0.2) is 0 Å². The lowest BCUT2D eigenvalue weighted by Crippen LogP contribution is -2.43. The summed E-state index contributed by atoms with van der Waals surface area (Å²) in [6, 6.07) is 0. The average Bonchev–Trinajstić information content (AvgIpc) is 1.58. The van der Waals surface area contributed by atoms with Crippen molar-refractivity contribution in [1.82, 2.24) is 0 Å². The van der Waals surface area contributed by atoms with E-state index in [4.69, 9.17) is 0 Å². The molecule has 0 radical (unpaired) electrons. The van der Waals surface area contributed by atoms with Crippen LogP contribution in [0.4, 0.5) is 8.78 Å². The zero-order chi connectivity index (χ0) is 7.83. The smallest absolute Gasteiger partial charge is 0.207 e. The maximum absolute atomic E-state index is 12.4. The van der Waals surface area contributed by atoms with Crippen molar-refractivity contribution < 1.29 is 8.78 Å². The molecule has 10 heavy (non-hydrogen) atoms. The normalized spacial score (nSPS) is 27.6. The van der Waals surface area contributed by atoms with Crippen LogP contribution in [0.1, 0.15) is 39.5 Å². The van der Waals surface area contributed by atoms with Crippen molar-refractivity contribution in [2.24, 2.45) is 5.41 Å². The molecule has 0 heterocycles. The van der Waals surface area contributed by atoms with E-state index in [1.54, 1.807) is 0 Å². The molecule has 0 aromatic carbocycles. The van der Waals surface area contributed by atoms with E-state index in [2.05, 4.69) is 0 Å². The van der Waals surface area contributed by atoms with Crippen molar-refractivity contribution in [3.8, 4) is 0 Å². The Hall–Kier alpha value is -0.140. The highest BCUT2D eigenvalue weighted by atomic mass is 19.3. The van der Waals surface area contributed by atoms with Crippen LogP contribution in [-0.2, 0) is 0 Å². The Morgan fingerprint density at radius 2 is 1.80 bits per heavy atom. The minimum Gasteiger partial charge on any atom is -0.207 e. The summed E-state index contributed by atoms with van der Waals surface area (Å²) in [6.07, 6.45) is 2.18. The summed E-state index contributed by atoms with van der Waals surface area (Å²) in [6.45, 7) is 4.00. The molecule has 0 nitrogen and oxygen atoms in total. The van der Waals surface area contributed by atoms with Gasteiger partial charge in [-0.2, -0.15) is 0 Å². The van der Waals surface area contributed by atoms with Gasteiger partial charge in [-0.15, -0.1) is 0 Å². The summed E-state index contributed by atoms with van der Waals surface area (Å²) in [4.78, 5) is 0. The van der Waals surface area contributed by atoms with E-state index in [1.165, 1.54) is 0 Å². The fraction of sp³-hybridized carbons (Fsp3) is 1.00. The van der Waals surface area contributed by atoms with Gasteiger partial charge in [-0.05, 0) is 11.8 Å². The van der Waals surface area contributed by atoms with E-state index in [0.717, 1.165) is 12.8 Å². The van der Waals surface area contributed by atoms with Gasteiger partial charge in [-0.3, -0.25) is 0 Å². The third-order valence-electron chi connectivity index (χ3n) is 2.22. The molecule has 1 aliphatic rings. The zero-order valence-electron chi connectivity index (χ0n) is 6.58. The SMILES string of the molecule is CCCC1(C)CC(F)(F)C1. The van der Waals surface area contributed by atoms with Crippen LogP contribution in [0.5, 0.6) is 0 Å². The lowest BCUT2D eigenvalue weighted by molar-refractivity contribution is -0.156. The molecule has 0 saturated heterocycles. The van der Waals surface area contributed by atoms with E-state index >= 15 is 0 Å². The second kappa shape index (κ2) is 2.18. The molecule has 1 aliphatic carbocycles. The van der Waals surface area contributed by atoms with Crippen LogP contribution in [0, 0.1) is 5.41 Å². The summed E-state index contributed by atoms with van der Waals surface area (Å²) < 4.78 is 24.7. The van der Waals surface area contributed by atoms with Crippen molar-refractivity contribution in [2.45, 2.75) is 45.5 Å². The second-order valence-electron chi connectivity index (χ2n) is 3.77. The van der Waals surface area contributed by atoms with Crippen molar-refractivity contribution in [3.05, 3.63) is 0 Å². The lowest BCUT2D eigenvalue weighted by Gasteiger charge is -2.44. The molecule has 0 N–H and O–H groups in total. The number of hydrogen-bond donors (Lipinski definition) is 0. The lowest BCUT2D eigenvalue weighted by atomic mass is 9.65. The molecule has 0 atom stereocenters. The van der Waals surface area contributed by atoms with Crippen LogP contribution in [0.2, 0.25) is 0 Å². The highest BCUT2D eigenvalue weighted by Crippen LogP contribution is 2.53. The zero-order valence-corrected chi connectivity index (χ0v) is 6.58. The average molecular weight is 148 g/mol. The number of halogens is 2. The maximum atomic E-state index is 12.4. The van der Waals surface area contributed by atoms with E-state index in [-0.39, 0.29) is 18.3 Å². The van der Waals surface area contributed by atoms with Crippen molar-refractivity contribution in [3.63, 3.8) is 0 Å². The largest absolute Gasteiger partial charge is 0.249 e. The van der Waals surface area contributed by atoms with E-state index in [1.807, 2.05) is 13.8 Å². The van der Waals surface area contributed by atoms with Gasteiger partial charge in [-0.25, -0.2) is 8.78 Å². The molecule has 0 aliphatic heterocycles. The summed E-state index contributed by atoms with van der Waals surface area (Å²) in [7, 11) is 0. The Morgan fingerprint density at radius 3 is 2.10 bits per heavy atom. The van der Waals surface area contributed by atoms with Gasteiger partial charge in [0.25, 0.3) is 0 Å². The Morgan fingerprint density at radius 1 is 1.30 bits per heavy atom. The first-order chi connectivity index (χ1) is 4.47. The standard InChI is InChI=1S/C8H14F2/c1-3-4-7(2)5-8(9,10)6-7/h3-6H2,1-2H3. The molecule has 2 heteroatoms. The molecule has 60 valence electrons. The first kappa shape index (κ1) is 7.96. The Balaban J connectivity index is 2.34. The minimum atomic E-state index is -2.34. The Kier molecular flexibility index (Phi) is 1.73. The first-order valence-corrected chi connectivity index (χ1v) is 3.85. The Labute approximate surface area is 60.6 Å². The highest BCUT2D eigenvalue weighted by molar-refractivity contribution is 4.95. The molecule has 0 spiro atoms. The molecule has 0 amide bonds. The monoisotopic (exact) mass is 148 g/mol. The van der Waals surface area contributed by atoms with Gasteiger partial charge in [0.1, 0.15) is 0 Å². The molecule has 1 rings (SSSR count). The molecule has 0 aromatic rings. The molecule has 1 saturated carbocycles. The van der Waals surface area contributed by atoms with Gasteiger partial charge in [0.2, 0.25) is 5.92 Å². The van der Waals surface area contributed by atoms with Crippen LogP contribution >= 0.6 is 0 Å².